The highest BCUT2D eigenvalue weighted by molar-refractivity contribution is 8.01. The van der Waals surface area contributed by atoms with Gasteiger partial charge >= 0.3 is 5.97 Å². The van der Waals surface area contributed by atoms with Gasteiger partial charge in [0.2, 0.25) is 0 Å². The lowest BCUT2D eigenvalue weighted by molar-refractivity contribution is -0.144. The molecule has 0 aromatic rings. The molecule has 2 nitrogen and oxygen atoms in total. The highest BCUT2D eigenvalue weighted by atomic mass is 32.2. The molecule has 0 saturated carbocycles. The summed E-state index contributed by atoms with van der Waals surface area (Å²) in [6.45, 7) is 10.6. The molecule has 0 bridgehead atoms. The van der Waals surface area contributed by atoms with E-state index in [0.717, 1.165) is 0 Å². The lowest BCUT2D eigenvalue weighted by Crippen LogP contribution is -2.38. The number of esters is 1. The molecule has 0 aromatic heterocycles. The Balaban J connectivity index is 2.64. The van der Waals surface area contributed by atoms with Gasteiger partial charge in [-0.05, 0) is 11.8 Å². The van der Waals surface area contributed by atoms with Crippen molar-refractivity contribution in [2.75, 3.05) is 6.61 Å². The van der Waals surface area contributed by atoms with E-state index in [2.05, 4.69) is 20.4 Å². The van der Waals surface area contributed by atoms with E-state index in [9.17, 15) is 4.79 Å². The summed E-state index contributed by atoms with van der Waals surface area (Å²) in [6.07, 6.45) is 1.82. The number of allylic oxidation sites excluding steroid dienone is 1. The number of cyclic esters (lactones) is 1. The molecule has 0 aliphatic carbocycles. The van der Waals surface area contributed by atoms with E-state index in [1.54, 1.807) is 11.8 Å². The number of hydrogen-bond donors (Lipinski definition) is 0. The first-order valence-electron chi connectivity index (χ1n) is 5.01. The molecule has 0 aromatic carbocycles. The first-order valence-corrected chi connectivity index (χ1v) is 5.95. The lowest BCUT2D eigenvalue weighted by atomic mass is 10.1. The second-order valence-corrected chi connectivity index (χ2v) is 5.45. The van der Waals surface area contributed by atoms with Crippen LogP contribution in [0.3, 0.4) is 0 Å². The van der Waals surface area contributed by atoms with Gasteiger partial charge in [0.1, 0.15) is 11.9 Å². The SMILES string of the molecule is C=C[C@H](C)[C@@H]1S[C@H](C(C)C)COC1=O. The minimum atomic E-state index is -0.0840. The predicted octanol–water partition coefficient (Wildman–Crippen LogP) is 2.49. The van der Waals surface area contributed by atoms with Gasteiger partial charge in [0.25, 0.3) is 0 Å². The molecule has 14 heavy (non-hydrogen) atoms. The minimum Gasteiger partial charge on any atom is -0.464 e. The first kappa shape index (κ1) is 11.6. The molecule has 0 radical (unpaired) electrons. The number of rotatable bonds is 3. The molecule has 0 unspecified atom stereocenters. The Labute approximate surface area is 90.1 Å². The molecule has 1 aliphatic rings. The van der Waals surface area contributed by atoms with Crippen molar-refractivity contribution in [3.63, 3.8) is 0 Å². The zero-order valence-corrected chi connectivity index (χ0v) is 9.84. The van der Waals surface area contributed by atoms with E-state index in [1.807, 2.05) is 13.0 Å². The highest BCUT2D eigenvalue weighted by Gasteiger charge is 2.34. The molecule has 1 heterocycles. The van der Waals surface area contributed by atoms with E-state index in [1.165, 1.54) is 0 Å². The Kier molecular flexibility index (Phi) is 4.05. The van der Waals surface area contributed by atoms with E-state index in [4.69, 9.17) is 4.74 Å². The third-order valence-corrected chi connectivity index (χ3v) is 4.48. The van der Waals surface area contributed by atoms with Gasteiger partial charge in [0.05, 0.1) is 0 Å². The highest BCUT2D eigenvalue weighted by Crippen LogP contribution is 2.33. The van der Waals surface area contributed by atoms with Crippen molar-refractivity contribution in [1.82, 2.24) is 0 Å². The van der Waals surface area contributed by atoms with E-state index < -0.39 is 0 Å². The van der Waals surface area contributed by atoms with Crippen LogP contribution < -0.4 is 0 Å². The molecule has 1 fully saturated rings. The van der Waals surface area contributed by atoms with Crippen molar-refractivity contribution in [2.24, 2.45) is 11.8 Å². The Morgan fingerprint density at radius 3 is 2.71 bits per heavy atom. The second-order valence-electron chi connectivity index (χ2n) is 4.06. The first-order chi connectivity index (χ1) is 6.56. The average molecular weight is 214 g/mol. The summed E-state index contributed by atoms with van der Waals surface area (Å²) in [7, 11) is 0. The summed E-state index contributed by atoms with van der Waals surface area (Å²) < 4.78 is 5.18. The minimum absolute atomic E-state index is 0.0614. The van der Waals surface area contributed by atoms with Gasteiger partial charge in [-0.1, -0.05) is 26.8 Å². The lowest BCUT2D eigenvalue weighted by Gasteiger charge is -2.32. The molecule has 3 atom stereocenters. The molecule has 1 rings (SSSR count). The van der Waals surface area contributed by atoms with Crippen LogP contribution >= 0.6 is 11.8 Å². The Hall–Kier alpha value is -0.440. The fourth-order valence-electron chi connectivity index (χ4n) is 1.34. The zero-order chi connectivity index (χ0) is 10.7. The van der Waals surface area contributed by atoms with Gasteiger partial charge in [-0.3, -0.25) is 4.79 Å². The van der Waals surface area contributed by atoms with Crippen molar-refractivity contribution in [2.45, 2.75) is 31.3 Å². The molecule has 0 amide bonds. The average Bonchev–Trinajstić information content (AvgIpc) is 2.17. The number of carbonyl (C=O) groups excluding carboxylic acids is 1. The van der Waals surface area contributed by atoms with E-state index in [0.29, 0.717) is 17.8 Å². The van der Waals surface area contributed by atoms with Crippen molar-refractivity contribution in [3.05, 3.63) is 12.7 Å². The predicted molar refractivity (Wildman–Crippen MR) is 60.3 cm³/mol. The standard InChI is InChI=1S/C11H18O2S/c1-5-8(4)10-11(12)13-6-9(14-10)7(2)3/h5,7-10H,1,6H2,2-4H3/t8-,9-,10-/m0/s1. The van der Waals surface area contributed by atoms with Crippen LogP contribution in [0.25, 0.3) is 0 Å². The maximum atomic E-state index is 11.5. The van der Waals surface area contributed by atoms with Crippen LogP contribution in [0.2, 0.25) is 0 Å². The van der Waals surface area contributed by atoms with Gasteiger partial charge in [-0.25, -0.2) is 0 Å². The summed E-state index contributed by atoms with van der Waals surface area (Å²) in [4.78, 5) is 11.5. The smallest absolute Gasteiger partial charge is 0.319 e. The summed E-state index contributed by atoms with van der Waals surface area (Å²) in [5.74, 6) is 0.654. The van der Waals surface area contributed by atoms with Gasteiger partial charge < -0.3 is 4.74 Å². The fourth-order valence-corrected chi connectivity index (χ4v) is 2.72. The third-order valence-electron chi connectivity index (χ3n) is 2.54. The molecular weight excluding hydrogens is 196 g/mol. The molecule has 1 saturated heterocycles. The Bertz CT molecular complexity index is 225. The van der Waals surface area contributed by atoms with Crippen molar-refractivity contribution in [3.8, 4) is 0 Å². The van der Waals surface area contributed by atoms with Crippen molar-refractivity contribution >= 4 is 17.7 Å². The van der Waals surface area contributed by atoms with E-state index in [-0.39, 0.29) is 17.1 Å². The molecule has 0 N–H and O–H groups in total. The van der Waals surface area contributed by atoms with Gasteiger partial charge in [0, 0.05) is 5.25 Å². The quantitative estimate of drug-likeness (QED) is 0.533. The van der Waals surface area contributed by atoms with Gasteiger partial charge in [0.15, 0.2) is 0 Å². The van der Waals surface area contributed by atoms with Crippen LogP contribution in [0.4, 0.5) is 0 Å². The van der Waals surface area contributed by atoms with Crippen LogP contribution in [0, 0.1) is 11.8 Å². The van der Waals surface area contributed by atoms with Crippen LogP contribution in [-0.4, -0.2) is 23.1 Å². The van der Waals surface area contributed by atoms with Crippen molar-refractivity contribution in [1.29, 1.82) is 0 Å². The third kappa shape index (κ3) is 2.53. The Morgan fingerprint density at radius 1 is 1.57 bits per heavy atom. The maximum absolute atomic E-state index is 11.5. The van der Waals surface area contributed by atoms with Gasteiger partial charge in [-0.15, -0.1) is 18.3 Å². The molecule has 1 aliphatic heterocycles. The summed E-state index contributed by atoms with van der Waals surface area (Å²) in [5, 5.41) is 0.369. The van der Waals surface area contributed by atoms with Crippen molar-refractivity contribution < 1.29 is 9.53 Å². The zero-order valence-electron chi connectivity index (χ0n) is 9.03. The van der Waals surface area contributed by atoms with Crippen LogP contribution in [-0.2, 0) is 9.53 Å². The number of ether oxygens (including phenoxy) is 1. The number of hydrogen-bond acceptors (Lipinski definition) is 3. The van der Waals surface area contributed by atoms with Gasteiger partial charge in [-0.2, -0.15) is 0 Å². The monoisotopic (exact) mass is 214 g/mol. The number of carbonyl (C=O) groups is 1. The second kappa shape index (κ2) is 4.87. The molecular formula is C11H18O2S. The summed E-state index contributed by atoms with van der Waals surface area (Å²) >= 11 is 1.73. The number of thioether (sulfide) groups is 1. The normalized spacial score (nSPS) is 29.9. The summed E-state index contributed by atoms with van der Waals surface area (Å²) in [5.41, 5.74) is 0. The largest absolute Gasteiger partial charge is 0.464 e. The molecule has 0 spiro atoms. The van der Waals surface area contributed by atoms with Crippen LogP contribution in [0.1, 0.15) is 20.8 Å². The van der Waals surface area contributed by atoms with Crippen LogP contribution in [0.15, 0.2) is 12.7 Å². The molecule has 80 valence electrons. The Morgan fingerprint density at radius 2 is 2.21 bits per heavy atom. The van der Waals surface area contributed by atoms with Crippen LogP contribution in [0.5, 0.6) is 0 Å². The molecule has 3 heteroatoms. The fraction of sp³-hybridized carbons (Fsp3) is 0.727. The maximum Gasteiger partial charge on any atom is 0.319 e. The summed E-state index contributed by atoms with van der Waals surface area (Å²) in [6, 6.07) is 0. The topological polar surface area (TPSA) is 26.3 Å². The van der Waals surface area contributed by atoms with E-state index >= 15 is 0 Å².